The molecule has 0 aliphatic heterocycles. The number of anilines is 1. The first-order valence-electron chi connectivity index (χ1n) is 7.46. The van der Waals surface area contributed by atoms with Gasteiger partial charge in [-0.1, -0.05) is 30.3 Å². The van der Waals surface area contributed by atoms with Gasteiger partial charge < -0.3 is 15.8 Å². The first kappa shape index (κ1) is 16.0. The lowest BCUT2D eigenvalue weighted by atomic mass is 10.1. The normalized spacial score (nSPS) is 10.3. The second kappa shape index (κ2) is 8.20. The van der Waals surface area contributed by atoms with Crippen molar-refractivity contribution < 1.29 is 9.53 Å². The molecule has 4 nitrogen and oxygen atoms in total. The third-order valence-electron chi connectivity index (χ3n) is 3.38. The summed E-state index contributed by atoms with van der Waals surface area (Å²) in [6, 6.07) is 15.6. The third-order valence-corrected chi connectivity index (χ3v) is 3.38. The zero-order chi connectivity index (χ0) is 15.8. The van der Waals surface area contributed by atoms with Crippen LogP contribution >= 0.6 is 0 Å². The van der Waals surface area contributed by atoms with E-state index in [0.29, 0.717) is 26.0 Å². The van der Waals surface area contributed by atoms with Crippen molar-refractivity contribution in [3.63, 3.8) is 0 Å². The molecule has 0 heterocycles. The lowest BCUT2D eigenvalue weighted by Gasteiger charge is -2.10. The van der Waals surface area contributed by atoms with Crippen molar-refractivity contribution in [2.75, 3.05) is 11.9 Å². The molecule has 0 unspecified atom stereocenters. The minimum Gasteiger partial charge on any atom is -0.489 e. The molecule has 22 heavy (non-hydrogen) atoms. The zero-order valence-corrected chi connectivity index (χ0v) is 12.8. The summed E-state index contributed by atoms with van der Waals surface area (Å²) in [6.45, 7) is 3.09. The number of carbonyl (C=O) groups excluding carboxylic acids is 1. The van der Waals surface area contributed by atoms with E-state index in [9.17, 15) is 4.79 Å². The molecule has 0 bridgehead atoms. The molecule has 3 N–H and O–H groups in total. The molecule has 116 valence electrons. The molecule has 2 aromatic carbocycles. The molecule has 0 fully saturated rings. The van der Waals surface area contributed by atoms with E-state index in [1.54, 1.807) is 0 Å². The van der Waals surface area contributed by atoms with Gasteiger partial charge in [0.05, 0.1) is 0 Å². The smallest absolute Gasteiger partial charge is 0.224 e. The number of aryl methyl sites for hydroxylation is 1. The van der Waals surface area contributed by atoms with Crippen LogP contribution in [0.5, 0.6) is 5.75 Å². The maximum Gasteiger partial charge on any atom is 0.224 e. The number of nitrogens with two attached hydrogens (primary N) is 1. The van der Waals surface area contributed by atoms with Crippen molar-refractivity contribution in [1.82, 2.24) is 0 Å². The van der Waals surface area contributed by atoms with Gasteiger partial charge in [-0.15, -0.1) is 0 Å². The Labute approximate surface area is 131 Å². The van der Waals surface area contributed by atoms with Crippen molar-refractivity contribution in [2.45, 2.75) is 26.4 Å². The summed E-state index contributed by atoms with van der Waals surface area (Å²) in [5, 5.41) is 2.85. The molecule has 1 amide bonds. The lowest BCUT2D eigenvalue weighted by molar-refractivity contribution is -0.116. The van der Waals surface area contributed by atoms with Crippen molar-refractivity contribution in [3.05, 3.63) is 59.7 Å². The predicted molar refractivity (Wildman–Crippen MR) is 88.9 cm³/mol. The molecule has 2 aromatic rings. The van der Waals surface area contributed by atoms with Crippen LogP contribution in [0.25, 0.3) is 0 Å². The Hall–Kier alpha value is -2.33. The average molecular weight is 298 g/mol. The second-order valence-corrected chi connectivity index (χ2v) is 5.18. The molecule has 0 aliphatic rings. The van der Waals surface area contributed by atoms with Gasteiger partial charge in [0.2, 0.25) is 5.91 Å². The molecule has 0 atom stereocenters. The largest absolute Gasteiger partial charge is 0.489 e. The molecule has 0 spiro atoms. The minimum absolute atomic E-state index is 0.0264. The highest BCUT2D eigenvalue weighted by Crippen LogP contribution is 2.19. The topological polar surface area (TPSA) is 64.3 Å². The van der Waals surface area contributed by atoms with E-state index in [1.807, 2.05) is 42.5 Å². The van der Waals surface area contributed by atoms with Crippen LogP contribution in [-0.4, -0.2) is 12.5 Å². The standard InChI is InChI=1S/C18H22N2O2/c1-14-6-2-3-7-15(14)13-22-17-9-4-8-16(12-17)20-18(21)10-5-11-19/h2-4,6-9,12H,5,10-11,13,19H2,1H3,(H,20,21). The number of benzene rings is 2. The number of rotatable bonds is 7. The monoisotopic (exact) mass is 298 g/mol. The molecule has 0 saturated carbocycles. The van der Waals surface area contributed by atoms with Gasteiger partial charge in [0, 0.05) is 18.2 Å². The van der Waals surface area contributed by atoms with Gasteiger partial charge >= 0.3 is 0 Å². The Bertz CT molecular complexity index is 626. The molecule has 0 aliphatic carbocycles. The van der Waals surface area contributed by atoms with Gasteiger partial charge in [-0.25, -0.2) is 0 Å². The number of hydrogen-bond acceptors (Lipinski definition) is 3. The van der Waals surface area contributed by atoms with Crippen LogP contribution in [0.2, 0.25) is 0 Å². The highest BCUT2D eigenvalue weighted by Gasteiger charge is 2.04. The van der Waals surface area contributed by atoms with Crippen molar-refractivity contribution >= 4 is 11.6 Å². The second-order valence-electron chi connectivity index (χ2n) is 5.18. The van der Waals surface area contributed by atoms with E-state index in [4.69, 9.17) is 10.5 Å². The summed E-state index contributed by atoms with van der Waals surface area (Å²) in [5.41, 5.74) is 8.50. The average Bonchev–Trinajstić information content (AvgIpc) is 2.52. The van der Waals surface area contributed by atoms with Gasteiger partial charge in [-0.2, -0.15) is 0 Å². The highest BCUT2D eigenvalue weighted by molar-refractivity contribution is 5.90. The third kappa shape index (κ3) is 4.90. The summed E-state index contributed by atoms with van der Waals surface area (Å²) in [6.07, 6.45) is 1.13. The SMILES string of the molecule is Cc1ccccc1COc1cccc(NC(=O)CCCN)c1. The highest BCUT2D eigenvalue weighted by atomic mass is 16.5. The van der Waals surface area contributed by atoms with Crippen LogP contribution in [0, 0.1) is 6.92 Å². The van der Waals surface area contributed by atoms with Gasteiger partial charge in [0.25, 0.3) is 0 Å². The van der Waals surface area contributed by atoms with Crippen molar-refractivity contribution in [2.24, 2.45) is 5.73 Å². The van der Waals surface area contributed by atoms with E-state index in [0.717, 1.165) is 17.0 Å². The molecular formula is C18H22N2O2. The Morgan fingerprint density at radius 2 is 2.00 bits per heavy atom. The molecule has 0 radical (unpaired) electrons. The molecule has 0 saturated heterocycles. The molecule has 0 aromatic heterocycles. The number of nitrogens with one attached hydrogen (secondary N) is 1. The van der Waals surface area contributed by atoms with Crippen LogP contribution in [0.15, 0.2) is 48.5 Å². The maximum atomic E-state index is 11.7. The summed E-state index contributed by atoms with van der Waals surface area (Å²) in [7, 11) is 0. The molecule has 4 heteroatoms. The Morgan fingerprint density at radius 1 is 1.18 bits per heavy atom. The van der Waals surface area contributed by atoms with Crippen LogP contribution in [-0.2, 0) is 11.4 Å². The molecular weight excluding hydrogens is 276 g/mol. The number of amides is 1. The summed E-state index contributed by atoms with van der Waals surface area (Å²) >= 11 is 0. The fourth-order valence-corrected chi connectivity index (χ4v) is 2.08. The fraction of sp³-hybridized carbons (Fsp3) is 0.278. The van der Waals surface area contributed by atoms with Crippen molar-refractivity contribution in [3.8, 4) is 5.75 Å². The van der Waals surface area contributed by atoms with Crippen LogP contribution in [0.1, 0.15) is 24.0 Å². The van der Waals surface area contributed by atoms with E-state index >= 15 is 0 Å². The van der Waals surface area contributed by atoms with Crippen LogP contribution in [0.4, 0.5) is 5.69 Å². The lowest BCUT2D eigenvalue weighted by Crippen LogP contribution is -2.13. The predicted octanol–water partition coefficient (Wildman–Crippen LogP) is 3.25. The minimum atomic E-state index is -0.0264. The number of carbonyl (C=O) groups is 1. The van der Waals surface area contributed by atoms with Gasteiger partial charge in [0.1, 0.15) is 12.4 Å². The van der Waals surface area contributed by atoms with Crippen molar-refractivity contribution in [1.29, 1.82) is 0 Å². The van der Waals surface area contributed by atoms with E-state index < -0.39 is 0 Å². The van der Waals surface area contributed by atoms with E-state index in [1.165, 1.54) is 5.56 Å². The summed E-state index contributed by atoms with van der Waals surface area (Å²) in [5.74, 6) is 0.710. The van der Waals surface area contributed by atoms with Gasteiger partial charge in [-0.05, 0) is 43.1 Å². The van der Waals surface area contributed by atoms with Gasteiger partial charge in [0.15, 0.2) is 0 Å². The number of hydrogen-bond donors (Lipinski definition) is 2. The Kier molecular flexibility index (Phi) is 5.98. The summed E-state index contributed by atoms with van der Waals surface area (Å²) < 4.78 is 5.80. The zero-order valence-electron chi connectivity index (χ0n) is 12.8. The Balaban J connectivity index is 1.94. The first-order chi connectivity index (χ1) is 10.7. The maximum absolute atomic E-state index is 11.7. The summed E-state index contributed by atoms with van der Waals surface area (Å²) in [4.78, 5) is 11.7. The van der Waals surface area contributed by atoms with Crippen LogP contribution < -0.4 is 15.8 Å². The van der Waals surface area contributed by atoms with E-state index in [-0.39, 0.29) is 5.91 Å². The van der Waals surface area contributed by atoms with Gasteiger partial charge in [-0.3, -0.25) is 4.79 Å². The number of ether oxygens (including phenoxy) is 1. The Morgan fingerprint density at radius 3 is 2.77 bits per heavy atom. The quantitative estimate of drug-likeness (QED) is 0.824. The molecule has 2 rings (SSSR count). The van der Waals surface area contributed by atoms with E-state index in [2.05, 4.69) is 18.3 Å². The first-order valence-corrected chi connectivity index (χ1v) is 7.46. The fourth-order valence-electron chi connectivity index (χ4n) is 2.08. The van der Waals surface area contributed by atoms with Crippen LogP contribution in [0.3, 0.4) is 0 Å².